The molecule has 1 saturated heterocycles. The van der Waals surface area contributed by atoms with Crippen molar-refractivity contribution in [3.8, 4) is 0 Å². The molecule has 2 aromatic rings. The zero-order valence-corrected chi connectivity index (χ0v) is 21.9. The van der Waals surface area contributed by atoms with E-state index in [1.807, 2.05) is 0 Å². The van der Waals surface area contributed by atoms with Crippen LogP contribution in [-0.2, 0) is 28.4 Å². The summed E-state index contributed by atoms with van der Waals surface area (Å²) < 4.78 is 154. The maximum Gasteiger partial charge on any atom is 0.200 e. The van der Waals surface area contributed by atoms with Crippen LogP contribution in [-0.4, -0.2) is 79.3 Å². The minimum Gasteiger partial charge on any atom is -0.394 e. The van der Waals surface area contributed by atoms with E-state index in [9.17, 15) is 43.9 Å². The fourth-order valence-electron chi connectivity index (χ4n) is 2.56. The lowest BCUT2D eigenvalue weighted by molar-refractivity contribution is -0.0334. The van der Waals surface area contributed by atoms with Gasteiger partial charge in [-0.05, 0) is 0 Å². The summed E-state index contributed by atoms with van der Waals surface area (Å²) in [6.07, 6.45) is 0. The van der Waals surface area contributed by atoms with Gasteiger partial charge in [-0.1, -0.05) is 0 Å². The molecule has 0 aromatic heterocycles. The van der Waals surface area contributed by atoms with Crippen molar-refractivity contribution in [2.45, 2.75) is 0 Å². The lowest BCUT2D eigenvalue weighted by Gasteiger charge is -2.09. The molecule has 0 amide bonds. The first-order valence-electron chi connectivity index (χ1n) is 11.9. The summed E-state index contributed by atoms with van der Waals surface area (Å²) in [5.41, 5.74) is 6.37. The molecule has 0 unspecified atom stereocenters. The molecule has 42 heavy (non-hydrogen) atoms. The molecule has 1 aliphatic rings. The van der Waals surface area contributed by atoms with Crippen molar-refractivity contribution in [3.63, 3.8) is 0 Å². The Kier molecular flexibility index (Phi) is 17.8. The maximum absolute atomic E-state index is 12.3. The lowest BCUT2D eigenvalue weighted by atomic mass is 10.2. The third-order valence-electron chi connectivity index (χ3n) is 4.72. The van der Waals surface area contributed by atoms with Crippen molar-refractivity contribution in [3.05, 3.63) is 58.2 Å². The number of hydrogen-bond donors (Lipinski definition) is 2. The molecule has 18 heteroatoms. The molecule has 0 aliphatic carbocycles. The zero-order chi connectivity index (χ0) is 31.7. The first kappa shape index (κ1) is 37.1. The molecular formula is C24H28F10N2O6. The van der Waals surface area contributed by atoms with Gasteiger partial charge in [-0.15, -0.1) is 0 Å². The van der Waals surface area contributed by atoms with Gasteiger partial charge in [0.15, 0.2) is 46.5 Å². The lowest BCUT2D eigenvalue weighted by Crippen LogP contribution is -2.16. The molecular weight excluding hydrogens is 602 g/mol. The number of benzene rings is 2. The SMILES string of the molecule is C1COCCOCCOCCOCCOCCO1.Nc1c(F)c(F)c(F)c(F)c1F.Nc1c(F)c(F)c(F)c(F)c1F. The van der Waals surface area contributed by atoms with Crippen LogP contribution in [0, 0.1) is 58.2 Å². The number of nitrogen functional groups attached to an aromatic ring is 2. The summed E-state index contributed by atoms with van der Waals surface area (Å²) in [5.74, 6) is -20.6. The van der Waals surface area contributed by atoms with E-state index < -0.39 is 69.5 Å². The summed E-state index contributed by atoms with van der Waals surface area (Å²) >= 11 is 0. The summed E-state index contributed by atoms with van der Waals surface area (Å²) in [4.78, 5) is 0. The van der Waals surface area contributed by atoms with E-state index >= 15 is 0 Å². The van der Waals surface area contributed by atoms with Crippen LogP contribution in [0.2, 0.25) is 0 Å². The molecule has 1 heterocycles. The minimum absolute atomic E-state index is 0.586. The second-order valence-electron chi connectivity index (χ2n) is 7.64. The van der Waals surface area contributed by atoms with Gasteiger partial charge in [0, 0.05) is 0 Å². The van der Waals surface area contributed by atoms with Gasteiger partial charge in [0.1, 0.15) is 11.4 Å². The molecule has 2 aromatic carbocycles. The Bertz CT molecular complexity index is 764. The fraction of sp³-hybridized carbons (Fsp3) is 0.500. The number of nitrogens with two attached hydrogens (primary N) is 2. The molecule has 1 fully saturated rings. The Balaban J connectivity index is 0.000000325. The highest BCUT2D eigenvalue weighted by Crippen LogP contribution is 2.25. The molecule has 3 rings (SSSR count). The van der Waals surface area contributed by atoms with Gasteiger partial charge in [-0.3, -0.25) is 0 Å². The van der Waals surface area contributed by atoms with Crippen molar-refractivity contribution >= 4 is 11.4 Å². The normalized spacial score (nSPS) is 16.2. The van der Waals surface area contributed by atoms with Crippen molar-refractivity contribution in [1.82, 2.24) is 0 Å². The van der Waals surface area contributed by atoms with Crippen molar-refractivity contribution in [2.75, 3.05) is 90.7 Å². The van der Waals surface area contributed by atoms with Gasteiger partial charge in [0.25, 0.3) is 0 Å². The van der Waals surface area contributed by atoms with E-state index in [0.717, 1.165) is 0 Å². The second-order valence-corrected chi connectivity index (χ2v) is 7.64. The van der Waals surface area contributed by atoms with Gasteiger partial charge < -0.3 is 39.9 Å². The van der Waals surface area contributed by atoms with Crippen LogP contribution in [0.4, 0.5) is 55.3 Å². The number of rotatable bonds is 0. The molecule has 0 spiro atoms. The molecule has 0 bridgehead atoms. The molecule has 0 atom stereocenters. The number of anilines is 2. The summed E-state index contributed by atoms with van der Waals surface area (Å²) in [7, 11) is 0. The molecule has 4 N–H and O–H groups in total. The van der Waals surface area contributed by atoms with Crippen molar-refractivity contribution in [2.24, 2.45) is 0 Å². The molecule has 0 saturated carbocycles. The zero-order valence-electron chi connectivity index (χ0n) is 21.9. The highest BCUT2D eigenvalue weighted by atomic mass is 19.2. The van der Waals surface area contributed by atoms with E-state index in [4.69, 9.17) is 28.4 Å². The van der Waals surface area contributed by atoms with E-state index in [2.05, 4.69) is 11.5 Å². The Morgan fingerprint density at radius 3 is 0.524 bits per heavy atom. The first-order valence-corrected chi connectivity index (χ1v) is 11.9. The average Bonchev–Trinajstić information content (AvgIpc) is 2.99. The minimum atomic E-state index is -2.21. The smallest absolute Gasteiger partial charge is 0.200 e. The number of halogens is 10. The standard InChI is InChI=1S/C12H24O6.2C6H2F5N/c1-2-14-5-6-16-9-10-18-12-11-17-8-7-15-4-3-13-1;2*7-1-2(8)4(10)6(12)5(11)3(1)9/h1-12H2;2*12H2. The van der Waals surface area contributed by atoms with Gasteiger partial charge in [-0.25, -0.2) is 43.9 Å². The molecule has 8 nitrogen and oxygen atoms in total. The highest BCUT2D eigenvalue weighted by Gasteiger charge is 2.24. The van der Waals surface area contributed by atoms with E-state index in [1.165, 1.54) is 0 Å². The molecule has 0 radical (unpaired) electrons. The topological polar surface area (TPSA) is 107 Å². The van der Waals surface area contributed by atoms with Crippen LogP contribution in [0.1, 0.15) is 0 Å². The average molecular weight is 630 g/mol. The predicted octanol–water partition coefficient (Wildman–Crippen LogP) is 4.03. The number of hydrogen-bond acceptors (Lipinski definition) is 8. The van der Waals surface area contributed by atoms with E-state index in [-0.39, 0.29) is 0 Å². The summed E-state index contributed by atoms with van der Waals surface area (Å²) in [6, 6.07) is 0. The van der Waals surface area contributed by atoms with Crippen LogP contribution in [0.25, 0.3) is 0 Å². The van der Waals surface area contributed by atoms with Crippen LogP contribution in [0.3, 0.4) is 0 Å². The predicted molar refractivity (Wildman–Crippen MR) is 126 cm³/mol. The maximum atomic E-state index is 12.3. The van der Waals surface area contributed by atoms with E-state index in [1.54, 1.807) is 0 Å². The van der Waals surface area contributed by atoms with Crippen molar-refractivity contribution in [1.29, 1.82) is 0 Å². The van der Waals surface area contributed by atoms with Crippen LogP contribution in [0.15, 0.2) is 0 Å². The third-order valence-corrected chi connectivity index (χ3v) is 4.72. The Morgan fingerprint density at radius 2 is 0.381 bits per heavy atom. The first-order chi connectivity index (χ1) is 19.9. The monoisotopic (exact) mass is 630 g/mol. The van der Waals surface area contributed by atoms with Crippen molar-refractivity contribution < 1.29 is 72.3 Å². The van der Waals surface area contributed by atoms with Crippen LogP contribution in [0.5, 0.6) is 0 Å². The third kappa shape index (κ3) is 12.1. The summed E-state index contributed by atoms with van der Waals surface area (Å²) in [6.45, 7) is 7.04. The van der Waals surface area contributed by atoms with Gasteiger partial charge in [-0.2, -0.15) is 0 Å². The Labute approximate surface area is 233 Å². The van der Waals surface area contributed by atoms with Crippen LogP contribution < -0.4 is 11.5 Å². The highest BCUT2D eigenvalue weighted by molar-refractivity contribution is 5.43. The van der Waals surface area contributed by atoms with Gasteiger partial charge in [0.2, 0.25) is 11.6 Å². The fourth-order valence-corrected chi connectivity index (χ4v) is 2.56. The largest absolute Gasteiger partial charge is 0.394 e. The quantitative estimate of drug-likeness (QED) is 0.195. The van der Waals surface area contributed by atoms with Gasteiger partial charge in [0.05, 0.1) is 79.3 Å². The second kappa shape index (κ2) is 20.1. The van der Waals surface area contributed by atoms with Crippen LogP contribution >= 0.6 is 0 Å². The van der Waals surface area contributed by atoms with Gasteiger partial charge >= 0.3 is 0 Å². The van der Waals surface area contributed by atoms with E-state index in [0.29, 0.717) is 79.3 Å². The molecule has 240 valence electrons. The Morgan fingerprint density at radius 1 is 0.262 bits per heavy atom. The summed E-state index contributed by atoms with van der Waals surface area (Å²) in [5, 5.41) is 0. The Hall–Kier alpha value is -2.90. The number of ether oxygens (including phenoxy) is 6. The molecule has 1 aliphatic heterocycles.